The van der Waals surface area contributed by atoms with Crippen LogP contribution in [0.5, 0.6) is 0 Å². The Morgan fingerprint density at radius 2 is 1.82 bits per heavy atom. The van der Waals surface area contributed by atoms with Crippen molar-refractivity contribution in [1.82, 2.24) is 15.0 Å². The predicted molar refractivity (Wildman–Crippen MR) is 86.0 cm³/mol. The minimum absolute atomic E-state index is 0.428. The van der Waals surface area contributed by atoms with Gasteiger partial charge in [0.1, 0.15) is 11.5 Å². The van der Waals surface area contributed by atoms with Crippen molar-refractivity contribution in [2.24, 2.45) is 0 Å². The van der Waals surface area contributed by atoms with Crippen LogP contribution >= 0.6 is 0 Å². The van der Waals surface area contributed by atoms with Crippen molar-refractivity contribution in [2.75, 3.05) is 10.6 Å². The van der Waals surface area contributed by atoms with Crippen molar-refractivity contribution >= 4 is 11.6 Å². The molecule has 1 aromatic carbocycles. The molecule has 0 amide bonds. The average molecular weight is 289 g/mol. The Hall–Kier alpha value is -2.95. The monoisotopic (exact) mass is 289 g/mol. The van der Waals surface area contributed by atoms with Gasteiger partial charge in [-0.3, -0.25) is 4.98 Å². The van der Waals surface area contributed by atoms with Gasteiger partial charge in [0, 0.05) is 18.3 Å². The number of pyridine rings is 1. The Morgan fingerprint density at radius 3 is 2.64 bits per heavy atom. The molecular weight excluding hydrogens is 274 g/mol. The number of benzene rings is 1. The summed E-state index contributed by atoms with van der Waals surface area (Å²) in [6, 6.07) is 14.1. The lowest BCUT2D eigenvalue weighted by atomic mass is 10.1. The molecule has 0 unspecified atom stereocenters. The van der Waals surface area contributed by atoms with Crippen LogP contribution in [-0.4, -0.2) is 15.0 Å². The zero-order valence-electron chi connectivity index (χ0n) is 12.0. The Kier molecular flexibility index (Phi) is 2.96. The van der Waals surface area contributed by atoms with Crippen LogP contribution in [0.25, 0.3) is 11.3 Å². The van der Waals surface area contributed by atoms with Crippen molar-refractivity contribution in [1.29, 1.82) is 0 Å². The molecule has 5 heteroatoms. The molecule has 22 heavy (non-hydrogen) atoms. The van der Waals surface area contributed by atoms with Crippen molar-refractivity contribution in [3.8, 4) is 11.3 Å². The molecule has 1 aliphatic rings. The Balaban J connectivity index is 1.78. The van der Waals surface area contributed by atoms with Crippen LogP contribution in [0.1, 0.15) is 11.3 Å². The highest BCUT2D eigenvalue weighted by molar-refractivity contribution is 5.73. The predicted octanol–water partition coefficient (Wildman–Crippen LogP) is 2.64. The quantitative estimate of drug-likeness (QED) is 0.785. The maximum Gasteiger partial charge on any atom is 0.156 e. The van der Waals surface area contributed by atoms with Gasteiger partial charge in [0.05, 0.1) is 18.4 Å². The first-order chi connectivity index (χ1) is 10.8. The SMILES string of the molecule is Nc1cnc(N2Cc3cccnc3C2)c(-c2ccccc2)n1. The van der Waals surface area contributed by atoms with E-state index in [2.05, 4.69) is 25.9 Å². The number of nitrogens with zero attached hydrogens (tertiary/aromatic N) is 4. The van der Waals surface area contributed by atoms with E-state index < -0.39 is 0 Å². The van der Waals surface area contributed by atoms with Crippen LogP contribution in [0, 0.1) is 0 Å². The maximum absolute atomic E-state index is 5.84. The molecule has 2 aromatic heterocycles. The molecule has 3 aromatic rings. The lowest BCUT2D eigenvalue weighted by molar-refractivity contribution is 0.845. The van der Waals surface area contributed by atoms with E-state index in [1.165, 1.54) is 5.56 Å². The summed E-state index contributed by atoms with van der Waals surface area (Å²) in [6.07, 6.45) is 3.44. The summed E-state index contributed by atoms with van der Waals surface area (Å²) in [5.41, 5.74) is 10.0. The van der Waals surface area contributed by atoms with E-state index in [1.807, 2.05) is 42.6 Å². The van der Waals surface area contributed by atoms with Gasteiger partial charge in [-0.25, -0.2) is 9.97 Å². The molecule has 3 heterocycles. The standard InChI is InChI=1S/C17H15N5/c18-15-9-20-17(16(21-15)12-5-2-1-3-6-12)22-10-13-7-4-8-19-14(13)11-22/h1-9H,10-11H2,(H2,18,21). The molecule has 0 bridgehead atoms. The summed E-state index contributed by atoms with van der Waals surface area (Å²) < 4.78 is 0. The van der Waals surface area contributed by atoms with Gasteiger partial charge < -0.3 is 10.6 Å². The van der Waals surface area contributed by atoms with Crippen LogP contribution in [0.3, 0.4) is 0 Å². The molecule has 5 nitrogen and oxygen atoms in total. The fourth-order valence-electron chi connectivity index (χ4n) is 2.77. The van der Waals surface area contributed by atoms with E-state index >= 15 is 0 Å². The molecule has 4 rings (SSSR count). The largest absolute Gasteiger partial charge is 0.382 e. The minimum atomic E-state index is 0.428. The van der Waals surface area contributed by atoms with E-state index in [4.69, 9.17) is 5.73 Å². The summed E-state index contributed by atoms with van der Waals surface area (Å²) in [4.78, 5) is 15.7. The fourth-order valence-corrected chi connectivity index (χ4v) is 2.77. The zero-order valence-corrected chi connectivity index (χ0v) is 12.0. The number of nitrogens with two attached hydrogens (primary N) is 1. The minimum Gasteiger partial charge on any atom is -0.382 e. The van der Waals surface area contributed by atoms with Gasteiger partial charge in [0.25, 0.3) is 0 Å². The Morgan fingerprint density at radius 1 is 0.955 bits per heavy atom. The molecule has 0 fully saturated rings. The second kappa shape index (κ2) is 5.11. The van der Waals surface area contributed by atoms with Crippen LogP contribution in [-0.2, 0) is 13.1 Å². The Labute approximate surface area is 128 Å². The fraction of sp³-hybridized carbons (Fsp3) is 0.118. The van der Waals surface area contributed by atoms with E-state index in [-0.39, 0.29) is 0 Å². The van der Waals surface area contributed by atoms with E-state index in [0.29, 0.717) is 5.82 Å². The second-order valence-corrected chi connectivity index (χ2v) is 5.30. The highest BCUT2D eigenvalue weighted by atomic mass is 15.2. The lowest BCUT2D eigenvalue weighted by Gasteiger charge is -2.19. The number of nitrogen functional groups attached to an aromatic ring is 1. The first kappa shape index (κ1) is 12.8. The average Bonchev–Trinajstić information content (AvgIpc) is 2.99. The second-order valence-electron chi connectivity index (χ2n) is 5.30. The molecule has 0 saturated carbocycles. The molecule has 2 N–H and O–H groups in total. The van der Waals surface area contributed by atoms with Crippen LogP contribution in [0.2, 0.25) is 0 Å². The number of hydrogen-bond acceptors (Lipinski definition) is 5. The van der Waals surface area contributed by atoms with E-state index in [0.717, 1.165) is 35.9 Å². The molecule has 1 aliphatic heterocycles. The van der Waals surface area contributed by atoms with Crippen molar-refractivity contribution in [2.45, 2.75) is 13.1 Å². The van der Waals surface area contributed by atoms with Gasteiger partial charge in [-0.05, 0) is 11.6 Å². The maximum atomic E-state index is 5.84. The van der Waals surface area contributed by atoms with Gasteiger partial charge in [0.2, 0.25) is 0 Å². The number of fused-ring (bicyclic) bond motifs is 1. The molecule has 108 valence electrons. The molecular formula is C17H15N5. The third-order valence-corrected chi connectivity index (χ3v) is 3.80. The van der Waals surface area contributed by atoms with Crippen LogP contribution in [0.4, 0.5) is 11.6 Å². The molecule has 0 spiro atoms. The van der Waals surface area contributed by atoms with Gasteiger partial charge >= 0.3 is 0 Å². The molecule has 0 saturated heterocycles. The van der Waals surface area contributed by atoms with Gasteiger partial charge in [-0.2, -0.15) is 0 Å². The number of anilines is 2. The third-order valence-electron chi connectivity index (χ3n) is 3.80. The molecule has 0 aliphatic carbocycles. The van der Waals surface area contributed by atoms with Crippen LogP contribution < -0.4 is 10.6 Å². The van der Waals surface area contributed by atoms with E-state index in [1.54, 1.807) is 6.20 Å². The summed E-state index contributed by atoms with van der Waals surface area (Å²) in [7, 11) is 0. The first-order valence-electron chi connectivity index (χ1n) is 7.17. The van der Waals surface area contributed by atoms with Crippen molar-refractivity contribution in [3.63, 3.8) is 0 Å². The number of rotatable bonds is 2. The van der Waals surface area contributed by atoms with Gasteiger partial charge in [0.15, 0.2) is 5.82 Å². The summed E-state index contributed by atoms with van der Waals surface area (Å²) in [6.45, 7) is 1.54. The van der Waals surface area contributed by atoms with Gasteiger partial charge in [-0.15, -0.1) is 0 Å². The highest BCUT2D eigenvalue weighted by Crippen LogP contribution is 2.32. The normalized spacial score (nSPS) is 13.2. The highest BCUT2D eigenvalue weighted by Gasteiger charge is 2.24. The molecule has 0 atom stereocenters. The van der Waals surface area contributed by atoms with Crippen molar-refractivity contribution < 1.29 is 0 Å². The topological polar surface area (TPSA) is 67.9 Å². The first-order valence-corrected chi connectivity index (χ1v) is 7.17. The van der Waals surface area contributed by atoms with Crippen molar-refractivity contribution in [3.05, 3.63) is 66.1 Å². The lowest BCUT2D eigenvalue weighted by Crippen LogP contribution is -2.18. The number of aromatic nitrogens is 3. The van der Waals surface area contributed by atoms with Crippen LogP contribution in [0.15, 0.2) is 54.9 Å². The zero-order chi connectivity index (χ0) is 14.9. The van der Waals surface area contributed by atoms with Gasteiger partial charge in [-0.1, -0.05) is 36.4 Å². The Bertz CT molecular complexity index is 791. The third kappa shape index (κ3) is 2.16. The number of hydrogen-bond donors (Lipinski definition) is 1. The molecule has 0 radical (unpaired) electrons. The summed E-state index contributed by atoms with van der Waals surface area (Å²) in [5, 5.41) is 0. The smallest absolute Gasteiger partial charge is 0.156 e. The summed E-state index contributed by atoms with van der Waals surface area (Å²) in [5.74, 6) is 1.27. The summed E-state index contributed by atoms with van der Waals surface area (Å²) >= 11 is 0. The van der Waals surface area contributed by atoms with E-state index in [9.17, 15) is 0 Å².